The average Bonchev–Trinajstić information content (AvgIpc) is 3.60. The Kier molecular flexibility index (Phi) is 9.93. The largest absolute Gasteiger partial charge is 0.534 e. The first-order chi connectivity index (χ1) is 17.2. The molecule has 2 aliphatic rings. The zero-order chi connectivity index (χ0) is 28.0. The first-order valence-corrected chi connectivity index (χ1v) is 13.6. The van der Waals surface area contributed by atoms with Gasteiger partial charge in [-0.3, -0.25) is 4.98 Å². The van der Waals surface area contributed by atoms with Crippen LogP contribution in [0.3, 0.4) is 0 Å². The number of halogens is 4. The van der Waals surface area contributed by atoms with Crippen molar-refractivity contribution in [1.29, 1.82) is 0 Å². The summed E-state index contributed by atoms with van der Waals surface area (Å²) in [5.41, 5.74) is -3.32. The van der Waals surface area contributed by atoms with Gasteiger partial charge in [-0.15, -0.1) is 0 Å². The zero-order valence-electron chi connectivity index (χ0n) is 21.7. The monoisotopic (exact) mass is 542 g/mol. The lowest BCUT2D eigenvalue weighted by atomic mass is 9.99. The number of pyridine rings is 1. The number of nitrogens with zero attached hydrogens (tertiary/aromatic N) is 1. The van der Waals surface area contributed by atoms with Crippen molar-refractivity contribution in [3.05, 3.63) is 77.4 Å². The van der Waals surface area contributed by atoms with E-state index in [2.05, 4.69) is 41.8 Å². The van der Waals surface area contributed by atoms with E-state index in [0.717, 1.165) is 24.3 Å². The molecule has 0 radical (unpaired) electrons. The molecule has 1 fully saturated rings. The minimum atomic E-state index is -5.76. The van der Waals surface area contributed by atoms with Crippen molar-refractivity contribution in [3.8, 4) is 0 Å². The van der Waals surface area contributed by atoms with Gasteiger partial charge in [0.05, 0.1) is 16.9 Å². The maximum Gasteiger partial charge on any atom is 0.534 e. The van der Waals surface area contributed by atoms with Crippen LogP contribution in [0.5, 0.6) is 0 Å². The molecule has 0 unspecified atom stereocenters. The first-order valence-electron chi connectivity index (χ1n) is 12.2. The second-order valence-corrected chi connectivity index (χ2v) is 10.7. The van der Waals surface area contributed by atoms with Crippen LogP contribution in [0.15, 0.2) is 49.1 Å². The Bertz CT molecular complexity index is 1210. The molecular formula is C27H34F4N2O3S. The lowest BCUT2D eigenvalue weighted by molar-refractivity contribution is -0.0509. The van der Waals surface area contributed by atoms with Crippen LogP contribution in [0.25, 0.3) is 11.5 Å². The van der Waals surface area contributed by atoms with Crippen LogP contribution in [0.2, 0.25) is 0 Å². The lowest BCUT2D eigenvalue weighted by Gasteiger charge is -2.23. The summed E-state index contributed by atoms with van der Waals surface area (Å²) in [6, 6.07) is 9.05. The number of nitrogens with one attached hydrogen (secondary N) is 1. The zero-order valence-corrected chi connectivity index (χ0v) is 22.6. The topological polar surface area (TPSA) is 68.3 Å². The molecule has 10 heteroatoms. The molecule has 0 saturated heterocycles. The van der Waals surface area contributed by atoms with Gasteiger partial charge >= 0.3 is 15.6 Å². The van der Waals surface area contributed by atoms with Crippen LogP contribution in [0.1, 0.15) is 76.4 Å². The highest BCUT2D eigenvalue weighted by Crippen LogP contribution is 2.47. The van der Waals surface area contributed by atoms with Gasteiger partial charge in [0.1, 0.15) is 11.6 Å². The maximum atomic E-state index is 13.2. The fourth-order valence-electron chi connectivity index (χ4n) is 3.46. The number of alkyl halides is 3. The van der Waals surface area contributed by atoms with E-state index in [0.29, 0.717) is 29.9 Å². The van der Waals surface area contributed by atoms with E-state index < -0.39 is 21.2 Å². The van der Waals surface area contributed by atoms with Gasteiger partial charge in [-0.05, 0) is 67.5 Å². The highest BCUT2D eigenvalue weighted by Gasteiger charge is 2.49. The fraction of sp³-hybridized carbons (Fsp3) is 0.444. The Morgan fingerprint density at radius 1 is 1.08 bits per heavy atom. The third kappa shape index (κ3) is 7.80. The normalized spacial score (nSPS) is 15.7. The average molecular weight is 543 g/mol. The van der Waals surface area contributed by atoms with Crippen LogP contribution >= 0.6 is 0 Å². The number of allylic oxidation sites excluding steroid dienone is 1. The number of aromatic nitrogens is 1. The summed E-state index contributed by atoms with van der Waals surface area (Å²) in [6.45, 7) is 14.5. The van der Waals surface area contributed by atoms with Gasteiger partial charge in [-0.1, -0.05) is 53.3 Å². The molecule has 204 valence electrons. The van der Waals surface area contributed by atoms with Gasteiger partial charge < -0.3 is 9.50 Å². The van der Waals surface area contributed by atoms with E-state index in [1.165, 1.54) is 24.3 Å². The smallest absolute Gasteiger partial charge is 0.376 e. The molecular weight excluding hydrogens is 508 g/mol. The van der Waals surface area contributed by atoms with E-state index in [9.17, 15) is 26.0 Å². The molecule has 1 aromatic carbocycles. The summed E-state index contributed by atoms with van der Waals surface area (Å²) in [5, 5.41) is 3.33. The summed E-state index contributed by atoms with van der Waals surface area (Å²) in [5.74, 6) is 0.110. The number of fused-ring (bicyclic) bond motifs is 1. The summed E-state index contributed by atoms with van der Waals surface area (Å²) in [4.78, 5) is 4.59. The Hall–Kier alpha value is -2.88. The number of hydrogen-bond donors (Lipinski definition) is 1. The lowest BCUT2D eigenvalue weighted by Crippen LogP contribution is -2.29. The van der Waals surface area contributed by atoms with Crippen molar-refractivity contribution in [3.63, 3.8) is 0 Å². The summed E-state index contributed by atoms with van der Waals surface area (Å²) < 4.78 is 78.3. The molecule has 37 heavy (non-hydrogen) atoms. The number of rotatable bonds is 6. The third-order valence-electron chi connectivity index (χ3n) is 5.26. The summed E-state index contributed by atoms with van der Waals surface area (Å²) in [6.07, 6.45) is 3.59. The predicted molar refractivity (Wildman–Crippen MR) is 138 cm³/mol. The highest BCUT2D eigenvalue weighted by atomic mass is 32.2. The van der Waals surface area contributed by atoms with E-state index in [1.54, 1.807) is 18.2 Å². The SMILES string of the molecule is C=C(NC1(c2ccc3c(n2)CCC=C3OS(=O)(=O)C(F)(F)F)CC1)c1ccc(F)cc1.CC.CC(C)C. The molecule has 1 saturated carbocycles. The Morgan fingerprint density at radius 3 is 2.16 bits per heavy atom. The van der Waals surface area contributed by atoms with E-state index in [-0.39, 0.29) is 17.1 Å². The van der Waals surface area contributed by atoms with Crippen LogP contribution in [0.4, 0.5) is 17.6 Å². The molecule has 0 bridgehead atoms. The summed E-state index contributed by atoms with van der Waals surface area (Å²) in [7, 11) is -5.76. The summed E-state index contributed by atoms with van der Waals surface area (Å²) >= 11 is 0. The minimum Gasteiger partial charge on any atom is -0.376 e. The molecule has 2 aromatic rings. The molecule has 1 heterocycles. The van der Waals surface area contributed by atoms with Crippen molar-refractivity contribution in [2.75, 3.05) is 0 Å². The molecule has 0 aliphatic heterocycles. The van der Waals surface area contributed by atoms with Gasteiger partial charge in [0.15, 0.2) is 0 Å². The number of hydrogen-bond acceptors (Lipinski definition) is 5. The molecule has 4 rings (SSSR count). The van der Waals surface area contributed by atoms with Crippen molar-refractivity contribution in [2.45, 2.75) is 71.3 Å². The molecule has 0 spiro atoms. The first kappa shape index (κ1) is 30.3. The van der Waals surface area contributed by atoms with E-state index in [4.69, 9.17) is 0 Å². The van der Waals surface area contributed by atoms with E-state index in [1.807, 2.05) is 13.8 Å². The Balaban J connectivity index is 0.000000733. The van der Waals surface area contributed by atoms with Crippen molar-refractivity contribution >= 4 is 21.6 Å². The molecule has 1 N–H and O–H groups in total. The van der Waals surface area contributed by atoms with E-state index >= 15 is 0 Å². The number of benzene rings is 1. The third-order valence-corrected chi connectivity index (χ3v) is 6.22. The van der Waals surface area contributed by atoms with Crippen molar-refractivity contribution < 1.29 is 30.2 Å². The molecule has 1 aromatic heterocycles. The number of aryl methyl sites for hydroxylation is 1. The Morgan fingerprint density at radius 2 is 1.65 bits per heavy atom. The van der Waals surface area contributed by atoms with Crippen molar-refractivity contribution in [1.82, 2.24) is 10.3 Å². The molecule has 5 nitrogen and oxygen atoms in total. The van der Waals surface area contributed by atoms with Crippen LogP contribution in [0, 0.1) is 11.7 Å². The van der Waals surface area contributed by atoms with Gasteiger partial charge in [-0.2, -0.15) is 21.6 Å². The molecule has 0 amide bonds. The van der Waals surface area contributed by atoms with Crippen LogP contribution < -0.4 is 5.32 Å². The van der Waals surface area contributed by atoms with Crippen LogP contribution in [-0.4, -0.2) is 18.9 Å². The maximum absolute atomic E-state index is 13.2. The minimum absolute atomic E-state index is 0.219. The standard InChI is InChI=1S/C21H18F4N2O3S.C4H10.C2H6/c1-13(14-5-7-15(22)8-6-14)27-20(11-12-20)19-10-9-16-17(26-19)3-2-4-18(16)30-31(28,29)21(23,24)25;1-4(2)3;1-2/h4-10,27H,1-3,11-12H2;4H,1-3H3;1-2H3. The van der Waals surface area contributed by atoms with Gasteiger partial charge in [0.25, 0.3) is 0 Å². The Labute approximate surface area is 216 Å². The van der Waals surface area contributed by atoms with Crippen LogP contribution in [-0.2, 0) is 26.3 Å². The van der Waals surface area contributed by atoms with Gasteiger partial charge in [-0.25, -0.2) is 4.39 Å². The van der Waals surface area contributed by atoms with Gasteiger partial charge in [0, 0.05) is 11.3 Å². The fourth-order valence-corrected chi connectivity index (χ4v) is 3.95. The quantitative estimate of drug-likeness (QED) is 0.235. The highest BCUT2D eigenvalue weighted by molar-refractivity contribution is 7.87. The van der Waals surface area contributed by atoms with Crippen molar-refractivity contribution in [2.24, 2.45) is 5.92 Å². The second kappa shape index (κ2) is 12.1. The molecule has 2 aliphatic carbocycles. The predicted octanol–water partition coefficient (Wildman–Crippen LogP) is 7.31. The van der Waals surface area contributed by atoms with Gasteiger partial charge in [0.2, 0.25) is 0 Å². The molecule has 0 atom stereocenters. The second-order valence-electron chi connectivity index (χ2n) is 9.21.